The summed E-state index contributed by atoms with van der Waals surface area (Å²) < 4.78 is 18.5. The number of aromatic nitrogens is 2. The van der Waals surface area contributed by atoms with Crippen molar-refractivity contribution in [3.8, 4) is 20.9 Å². The van der Waals surface area contributed by atoms with Gasteiger partial charge in [0.15, 0.2) is 0 Å². The van der Waals surface area contributed by atoms with Crippen molar-refractivity contribution in [3.05, 3.63) is 35.0 Å². The van der Waals surface area contributed by atoms with Gasteiger partial charge in [-0.05, 0) is 0 Å². The summed E-state index contributed by atoms with van der Waals surface area (Å²) in [4.78, 5) is 2.37. The van der Waals surface area contributed by atoms with Crippen LogP contribution in [0.4, 0.5) is 11.4 Å². The van der Waals surface area contributed by atoms with E-state index in [0.717, 1.165) is 33.5 Å². The third-order valence-corrected chi connectivity index (χ3v) is 6.87. The zero-order valence-electron chi connectivity index (χ0n) is 10.9. The van der Waals surface area contributed by atoms with Crippen molar-refractivity contribution in [3.63, 3.8) is 0 Å². The molecule has 106 valence electrons. The molecule has 22 heavy (non-hydrogen) atoms. The Labute approximate surface area is 143 Å². The average Bonchev–Trinajstić information content (AvgIpc) is 3.29. The molecule has 0 unspecified atom stereocenters. The minimum absolute atomic E-state index is 0.0808. The molecule has 0 saturated carbocycles. The van der Waals surface area contributed by atoms with E-state index in [1.807, 2.05) is 0 Å². The molecule has 0 N–H and O–H groups in total. The maximum atomic E-state index is 4.70. The third-order valence-electron chi connectivity index (χ3n) is 3.46. The SMILES string of the molecule is c1csc(-c2c3c(c(-c4cccs4)c4nsnc24)N=[Se]=N3)c1. The number of hydrogen-bond acceptors (Lipinski definition) is 7. The van der Waals surface area contributed by atoms with Crippen LogP contribution in [-0.2, 0) is 0 Å². The molecule has 1 aliphatic rings. The molecule has 0 spiro atoms. The van der Waals surface area contributed by atoms with Gasteiger partial charge in [-0.3, -0.25) is 0 Å². The molecule has 8 heteroatoms. The first kappa shape index (κ1) is 13.0. The normalized spacial score (nSPS) is 12.7. The average molecular weight is 405 g/mol. The van der Waals surface area contributed by atoms with Gasteiger partial charge in [-0.1, -0.05) is 0 Å². The van der Waals surface area contributed by atoms with Crippen LogP contribution in [0.15, 0.2) is 43.0 Å². The van der Waals surface area contributed by atoms with E-state index in [4.69, 9.17) is 7.92 Å². The maximum absolute atomic E-state index is 4.70. The first-order chi connectivity index (χ1) is 10.9. The van der Waals surface area contributed by atoms with Gasteiger partial charge in [0.2, 0.25) is 0 Å². The van der Waals surface area contributed by atoms with Crippen molar-refractivity contribution in [2.24, 2.45) is 7.92 Å². The van der Waals surface area contributed by atoms with E-state index in [0.29, 0.717) is 0 Å². The van der Waals surface area contributed by atoms with Gasteiger partial charge in [0.05, 0.1) is 0 Å². The van der Waals surface area contributed by atoms with Crippen LogP contribution in [0, 0.1) is 0 Å². The summed E-state index contributed by atoms with van der Waals surface area (Å²) >= 11 is 4.59. The summed E-state index contributed by atoms with van der Waals surface area (Å²) in [6.07, 6.45) is 0. The fraction of sp³-hybridized carbons (Fsp3) is 0. The van der Waals surface area contributed by atoms with Gasteiger partial charge >= 0.3 is 144 Å². The van der Waals surface area contributed by atoms with Crippen LogP contribution < -0.4 is 0 Å². The van der Waals surface area contributed by atoms with Gasteiger partial charge in [0, 0.05) is 0 Å². The summed E-state index contributed by atoms with van der Waals surface area (Å²) in [6, 6.07) is 8.35. The molecule has 5 rings (SSSR count). The molecular weight excluding hydrogens is 399 g/mol. The Morgan fingerprint density at radius 2 is 1.32 bits per heavy atom. The van der Waals surface area contributed by atoms with Gasteiger partial charge in [0.1, 0.15) is 0 Å². The van der Waals surface area contributed by atoms with Gasteiger partial charge in [-0.15, -0.1) is 0 Å². The molecule has 3 aromatic heterocycles. The van der Waals surface area contributed by atoms with Crippen molar-refractivity contribution in [2.45, 2.75) is 0 Å². The monoisotopic (exact) mass is 406 g/mol. The van der Waals surface area contributed by atoms with Crippen LogP contribution in [0.25, 0.3) is 31.9 Å². The van der Waals surface area contributed by atoms with Gasteiger partial charge in [0.25, 0.3) is 0 Å². The summed E-state index contributed by atoms with van der Waals surface area (Å²) in [6.45, 7) is 0. The molecule has 0 bridgehead atoms. The van der Waals surface area contributed by atoms with E-state index in [1.165, 1.54) is 21.5 Å². The second-order valence-electron chi connectivity index (χ2n) is 4.63. The van der Waals surface area contributed by atoms with E-state index >= 15 is 0 Å². The molecule has 1 aromatic carbocycles. The topological polar surface area (TPSA) is 50.5 Å². The molecule has 4 aromatic rings. The Hall–Kier alpha value is -1.44. The molecule has 0 aliphatic carbocycles. The van der Waals surface area contributed by atoms with Crippen molar-refractivity contribution < 1.29 is 0 Å². The molecular formula is C14H6N4S3Se. The first-order valence-electron chi connectivity index (χ1n) is 6.42. The molecule has 0 amide bonds. The Bertz CT molecular complexity index is 977. The summed E-state index contributed by atoms with van der Waals surface area (Å²) in [5.41, 5.74) is 6.07. The Balaban J connectivity index is 1.97. The Morgan fingerprint density at radius 1 is 0.773 bits per heavy atom. The number of benzene rings is 1. The number of nitrogens with zero attached hydrogens (tertiary/aromatic N) is 4. The van der Waals surface area contributed by atoms with Gasteiger partial charge < -0.3 is 0 Å². The van der Waals surface area contributed by atoms with Crippen LogP contribution >= 0.6 is 34.4 Å². The van der Waals surface area contributed by atoms with E-state index in [2.05, 4.69) is 43.8 Å². The number of hydrogen-bond donors (Lipinski definition) is 0. The van der Waals surface area contributed by atoms with E-state index in [9.17, 15) is 0 Å². The number of fused-ring (bicyclic) bond motifs is 2. The van der Waals surface area contributed by atoms with Gasteiger partial charge in [-0.2, -0.15) is 0 Å². The fourth-order valence-corrected chi connectivity index (χ4v) is 5.84. The van der Waals surface area contributed by atoms with Crippen molar-refractivity contribution in [2.75, 3.05) is 0 Å². The van der Waals surface area contributed by atoms with Crippen LogP contribution in [0.2, 0.25) is 0 Å². The summed E-state index contributed by atoms with van der Waals surface area (Å²) in [7, 11) is 0. The Morgan fingerprint density at radius 3 is 1.77 bits per heavy atom. The molecule has 0 fully saturated rings. The quantitative estimate of drug-likeness (QED) is 0.364. The van der Waals surface area contributed by atoms with Crippen molar-refractivity contribution >= 4 is 71.4 Å². The predicted molar refractivity (Wildman–Crippen MR) is 94.0 cm³/mol. The van der Waals surface area contributed by atoms with E-state index < -0.39 is 0 Å². The second-order valence-corrected chi connectivity index (χ2v) is 8.16. The Kier molecular flexibility index (Phi) is 2.99. The predicted octanol–water partition coefficient (Wildman–Crippen LogP) is 5.50. The van der Waals surface area contributed by atoms with E-state index in [1.54, 1.807) is 22.7 Å². The summed E-state index contributed by atoms with van der Waals surface area (Å²) in [5.74, 6) is 0. The molecule has 0 radical (unpaired) electrons. The molecule has 0 atom stereocenters. The van der Waals surface area contributed by atoms with Crippen molar-refractivity contribution in [1.29, 1.82) is 0 Å². The molecule has 1 aliphatic heterocycles. The fourth-order valence-electron chi connectivity index (χ4n) is 2.57. The van der Waals surface area contributed by atoms with Crippen LogP contribution in [0.5, 0.6) is 0 Å². The molecule has 0 saturated heterocycles. The van der Waals surface area contributed by atoms with Crippen LogP contribution in [-0.4, -0.2) is 23.3 Å². The number of rotatable bonds is 2. The zero-order valence-corrected chi connectivity index (χ0v) is 15.0. The third kappa shape index (κ3) is 1.79. The zero-order chi connectivity index (χ0) is 14.5. The summed E-state index contributed by atoms with van der Waals surface area (Å²) in [5, 5.41) is 4.16. The minimum atomic E-state index is -0.0808. The molecule has 4 nitrogen and oxygen atoms in total. The van der Waals surface area contributed by atoms with Crippen LogP contribution in [0.1, 0.15) is 0 Å². The molecule has 4 heterocycles. The van der Waals surface area contributed by atoms with Crippen molar-refractivity contribution in [1.82, 2.24) is 8.75 Å². The number of thiophene rings is 2. The first-order valence-corrected chi connectivity index (χ1v) is 10.4. The standard InChI is InChI=1S/C14H6N4S3Se/c1-3-7(19-5-1)9-11-12(16-21-15-11)10(8-4-2-6-20-8)14-13(9)17-22-18-14/h1-6H. The second kappa shape index (κ2) is 5.04. The van der Waals surface area contributed by atoms with Crippen LogP contribution in [0.3, 0.4) is 0 Å². The van der Waals surface area contributed by atoms with E-state index in [-0.39, 0.29) is 14.6 Å². The van der Waals surface area contributed by atoms with Gasteiger partial charge in [-0.25, -0.2) is 0 Å².